The number of hydrogen-bond acceptors (Lipinski definition) is 3. The Morgan fingerprint density at radius 3 is 2.83 bits per heavy atom. The lowest BCUT2D eigenvalue weighted by Gasteiger charge is -2.22. The van der Waals surface area contributed by atoms with Crippen molar-refractivity contribution in [2.45, 2.75) is 32.7 Å². The van der Waals surface area contributed by atoms with Gasteiger partial charge in [0.2, 0.25) is 0 Å². The van der Waals surface area contributed by atoms with Crippen LogP contribution in [-0.4, -0.2) is 20.8 Å². The van der Waals surface area contributed by atoms with Crippen LogP contribution in [0.4, 0.5) is 5.69 Å². The molecule has 2 heterocycles. The van der Waals surface area contributed by atoms with Crippen molar-refractivity contribution in [2.24, 2.45) is 5.41 Å². The predicted octanol–water partition coefficient (Wildman–Crippen LogP) is 2.87. The third-order valence-electron chi connectivity index (χ3n) is 3.96. The van der Waals surface area contributed by atoms with Gasteiger partial charge in [0.15, 0.2) is 5.82 Å². The van der Waals surface area contributed by atoms with Crippen LogP contribution in [0.1, 0.15) is 26.7 Å². The monoisotopic (exact) mass is 242 g/mol. The van der Waals surface area contributed by atoms with E-state index in [2.05, 4.69) is 35.3 Å². The van der Waals surface area contributed by atoms with Crippen molar-refractivity contribution in [3.8, 4) is 5.82 Å². The third kappa shape index (κ3) is 1.98. The Balaban J connectivity index is 1.88. The molecule has 0 aliphatic heterocycles. The van der Waals surface area contributed by atoms with Crippen molar-refractivity contribution < 1.29 is 0 Å². The SMILES string of the molecule is CC(Nc1cccnc1-n1cccn1)C1(C)CC1. The Morgan fingerprint density at radius 1 is 1.33 bits per heavy atom. The smallest absolute Gasteiger partial charge is 0.176 e. The van der Waals surface area contributed by atoms with Crippen molar-refractivity contribution in [2.75, 3.05) is 5.32 Å². The summed E-state index contributed by atoms with van der Waals surface area (Å²) in [5.41, 5.74) is 1.49. The lowest BCUT2D eigenvalue weighted by atomic mass is 10.0. The first kappa shape index (κ1) is 11.3. The highest BCUT2D eigenvalue weighted by Crippen LogP contribution is 2.48. The first-order valence-corrected chi connectivity index (χ1v) is 6.41. The van der Waals surface area contributed by atoms with Gasteiger partial charge >= 0.3 is 0 Å². The maximum Gasteiger partial charge on any atom is 0.176 e. The number of pyridine rings is 1. The standard InChI is InChI=1S/C14H18N4/c1-11(14(2)6-7-14)17-12-5-3-8-15-13(12)18-10-4-9-16-18/h3-5,8-11,17H,6-7H2,1-2H3. The lowest BCUT2D eigenvalue weighted by Crippen LogP contribution is -2.25. The lowest BCUT2D eigenvalue weighted by molar-refractivity contribution is 0.493. The Morgan fingerprint density at radius 2 is 2.17 bits per heavy atom. The fourth-order valence-corrected chi connectivity index (χ4v) is 2.12. The van der Waals surface area contributed by atoms with E-state index in [9.17, 15) is 0 Å². The van der Waals surface area contributed by atoms with Gasteiger partial charge in [-0.2, -0.15) is 5.10 Å². The Hall–Kier alpha value is -1.84. The number of nitrogens with zero attached hydrogens (tertiary/aromatic N) is 3. The molecule has 0 aromatic carbocycles. The summed E-state index contributed by atoms with van der Waals surface area (Å²) < 4.78 is 1.80. The van der Waals surface area contributed by atoms with Crippen LogP contribution < -0.4 is 5.32 Å². The van der Waals surface area contributed by atoms with Crippen LogP contribution in [-0.2, 0) is 0 Å². The molecule has 1 atom stereocenters. The molecule has 0 amide bonds. The van der Waals surface area contributed by atoms with E-state index in [1.54, 1.807) is 17.1 Å². The van der Waals surface area contributed by atoms with Crippen LogP contribution >= 0.6 is 0 Å². The average Bonchev–Trinajstić information content (AvgIpc) is 2.93. The minimum atomic E-state index is 0.442. The van der Waals surface area contributed by atoms with Crippen molar-refractivity contribution in [3.63, 3.8) is 0 Å². The topological polar surface area (TPSA) is 42.7 Å². The zero-order valence-corrected chi connectivity index (χ0v) is 10.8. The van der Waals surface area contributed by atoms with Gasteiger partial charge in [-0.05, 0) is 43.4 Å². The van der Waals surface area contributed by atoms with E-state index in [1.807, 2.05) is 18.3 Å². The largest absolute Gasteiger partial charge is 0.379 e. The molecule has 1 N–H and O–H groups in total. The summed E-state index contributed by atoms with van der Waals surface area (Å²) in [4.78, 5) is 4.41. The van der Waals surface area contributed by atoms with Crippen molar-refractivity contribution >= 4 is 5.69 Å². The molecule has 0 saturated heterocycles. The van der Waals surface area contributed by atoms with Gasteiger partial charge in [0.05, 0.1) is 5.69 Å². The first-order chi connectivity index (χ1) is 8.69. The molecule has 1 aliphatic carbocycles. The van der Waals surface area contributed by atoms with Crippen LogP contribution in [0, 0.1) is 5.41 Å². The number of hydrogen-bond donors (Lipinski definition) is 1. The first-order valence-electron chi connectivity index (χ1n) is 6.41. The van der Waals surface area contributed by atoms with Gasteiger partial charge in [0.25, 0.3) is 0 Å². The Kier molecular flexibility index (Phi) is 2.58. The Labute approximate surface area is 107 Å². The second-order valence-electron chi connectivity index (χ2n) is 5.35. The zero-order chi connectivity index (χ0) is 12.6. The van der Waals surface area contributed by atoms with Gasteiger partial charge in [-0.3, -0.25) is 0 Å². The van der Waals surface area contributed by atoms with E-state index in [4.69, 9.17) is 0 Å². The molecule has 1 aliphatic rings. The van der Waals surface area contributed by atoms with E-state index in [-0.39, 0.29) is 0 Å². The summed E-state index contributed by atoms with van der Waals surface area (Å²) in [6.45, 7) is 4.57. The zero-order valence-electron chi connectivity index (χ0n) is 10.8. The Bertz CT molecular complexity index is 528. The molecule has 18 heavy (non-hydrogen) atoms. The number of rotatable bonds is 4. The molecular weight excluding hydrogens is 224 g/mol. The van der Waals surface area contributed by atoms with Crippen molar-refractivity contribution in [1.82, 2.24) is 14.8 Å². The normalized spacial score (nSPS) is 18.3. The molecule has 0 bridgehead atoms. The number of nitrogens with one attached hydrogen (secondary N) is 1. The molecule has 2 aromatic heterocycles. The minimum absolute atomic E-state index is 0.442. The second-order valence-corrected chi connectivity index (χ2v) is 5.35. The van der Waals surface area contributed by atoms with E-state index < -0.39 is 0 Å². The van der Waals surface area contributed by atoms with Gasteiger partial charge in [-0.25, -0.2) is 9.67 Å². The fraction of sp³-hybridized carbons (Fsp3) is 0.429. The molecule has 1 fully saturated rings. The van der Waals surface area contributed by atoms with Crippen molar-refractivity contribution in [3.05, 3.63) is 36.8 Å². The van der Waals surface area contributed by atoms with Crippen LogP contribution in [0.25, 0.3) is 5.82 Å². The molecule has 0 radical (unpaired) electrons. The van der Waals surface area contributed by atoms with Gasteiger partial charge in [-0.1, -0.05) is 6.92 Å². The van der Waals surface area contributed by atoms with Crippen molar-refractivity contribution in [1.29, 1.82) is 0 Å². The molecule has 1 unspecified atom stereocenters. The highest BCUT2D eigenvalue weighted by atomic mass is 15.3. The quantitative estimate of drug-likeness (QED) is 0.896. The molecule has 4 nitrogen and oxygen atoms in total. The molecule has 0 spiro atoms. The second kappa shape index (κ2) is 4.12. The molecule has 2 aromatic rings. The van der Waals surface area contributed by atoms with Crippen LogP contribution in [0.3, 0.4) is 0 Å². The van der Waals surface area contributed by atoms with E-state index in [0.717, 1.165) is 11.5 Å². The fourth-order valence-electron chi connectivity index (χ4n) is 2.12. The molecule has 4 heteroatoms. The minimum Gasteiger partial charge on any atom is -0.379 e. The number of aromatic nitrogens is 3. The molecular formula is C14H18N4. The summed E-state index contributed by atoms with van der Waals surface area (Å²) in [7, 11) is 0. The van der Waals surface area contributed by atoms with Crippen LogP contribution in [0.2, 0.25) is 0 Å². The summed E-state index contributed by atoms with van der Waals surface area (Å²) in [5.74, 6) is 0.860. The summed E-state index contributed by atoms with van der Waals surface area (Å²) in [6.07, 6.45) is 8.09. The highest BCUT2D eigenvalue weighted by molar-refractivity contribution is 5.57. The maximum absolute atomic E-state index is 4.41. The van der Waals surface area contributed by atoms with Gasteiger partial charge in [0, 0.05) is 24.6 Å². The van der Waals surface area contributed by atoms with Crippen LogP contribution in [0.15, 0.2) is 36.8 Å². The average molecular weight is 242 g/mol. The third-order valence-corrected chi connectivity index (χ3v) is 3.96. The molecule has 94 valence electrons. The number of anilines is 1. The summed E-state index contributed by atoms with van der Waals surface area (Å²) in [6, 6.07) is 6.38. The van der Waals surface area contributed by atoms with E-state index in [0.29, 0.717) is 11.5 Å². The van der Waals surface area contributed by atoms with Gasteiger partial charge in [-0.15, -0.1) is 0 Å². The molecule has 3 rings (SSSR count). The van der Waals surface area contributed by atoms with Gasteiger partial charge in [0.1, 0.15) is 0 Å². The summed E-state index contributed by atoms with van der Waals surface area (Å²) in [5, 5.41) is 7.82. The van der Waals surface area contributed by atoms with E-state index >= 15 is 0 Å². The highest BCUT2D eigenvalue weighted by Gasteiger charge is 2.42. The van der Waals surface area contributed by atoms with E-state index in [1.165, 1.54) is 12.8 Å². The van der Waals surface area contributed by atoms with Gasteiger partial charge < -0.3 is 5.32 Å². The summed E-state index contributed by atoms with van der Waals surface area (Å²) >= 11 is 0. The van der Waals surface area contributed by atoms with Crippen LogP contribution in [0.5, 0.6) is 0 Å². The predicted molar refractivity (Wildman–Crippen MR) is 71.8 cm³/mol. The molecule has 1 saturated carbocycles. The maximum atomic E-state index is 4.41.